The van der Waals surface area contributed by atoms with Gasteiger partial charge in [-0.05, 0) is 92.8 Å². The smallest absolute Gasteiger partial charge is 0.332 e. The molecular weight excluding hydrogens is 440 g/mol. The molecule has 4 rings (SSSR count). The fraction of sp³-hybridized carbons (Fsp3) is 0.839. The number of halogens is 1. The number of allylic oxidation sites excluding steroid dienone is 2. The standard InChI is InChI=1S/C31H49ClO2/c1-5-6-7-8-9-10-11-23-13-15-27-26-14-12-24-21-25(34-29(33)20-22(2)32)16-18-31(24,4)28(26)17-19-30(23,27)3/h12,20,23,25-28H,5-11,13-19,21H2,1-4H3. The fourth-order valence-electron chi connectivity index (χ4n) is 8.84. The molecule has 0 heterocycles. The van der Waals surface area contributed by atoms with Gasteiger partial charge in [-0.15, -0.1) is 0 Å². The van der Waals surface area contributed by atoms with E-state index >= 15 is 0 Å². The van der Waals surface area contributed by atoms with E-state index in [1.165, 1.54) is 83.1 Å². The molecule has 0 N–H and O–H groups in total. The highest BCUT2D eigenvalue weighted by molar-refractivity contribution is 6.30. The number of rotatable bonds is 9. The molecule has 3 heteroatoms. The molecule has 0 amide bonds. The molecule has 192 valence electrons. The lowest BCUT2D eigenvalue weighted by Gasteiger charge is -2.58. The second-order valence-electron chi connectivity index (χ2n) is 12.7. The summed E-state index contributed by atoms with van der Waals surface area (Å²) in [4.78, 5) is 12.1. The summed E-state index contributed by atoms with van der Waals surface area (Å²) in [5.41, 5.74) is 2.46. The van der Waals surface area contributed by atoms with Gasteiger partial charge < -0.3 is 4.74 Å². The molecule has 0 saturated heterocycles. The second-order valence-corrected chi connectivity index (χ2v) is 13.3. The van der Waals surface area contributed by atoms with Crippen LogP contribution in [0.1, 0.15) is 124 Å². The minimum Gasteiger partial charge on any atom is -0.459 e. The van der Waals surface area contributed by atoms with Gasteiger partial charge in [-0.2, -0.15) is 0 Å². The Kier molecular flexibility index (Phi) is 8.59. The molecule has 7 unspecified atom stereocenters. The third-order valence-corrected chi connectivity index (χ3v) is 10.9. The molecule has 0 aromatic carbocycles. The van der Waals surface area contributed by atoms with Gasteiger partial charge in [0, 0.05) is 17.5 Å². The van der Waals surface area contributed by atoms with Crippen LogP contribution >= 0.6 is 11.6 Å². The molecular formula is C31H49ClO2. The quantitative estimate of drug-likeness (QED) is 0.140. The van der Waals surface area contributed by atoms with Crippen LogP contribution in [0.4, 0.5) is 0 Å². The van der Waals surface area contributed by atoms with Crippen LogP contribution in [0.3, 0.4) is 0 Å². The van der Waals surface area contributed by atoms with E-state index in [-0.39, 0.29) is 12.1 Å². The Balaban J connectivity index is 1.37. The van der Waals surface area contributed by atoms with Crippen molar-refractivity contribution in [3.63, 3.8) is 0 Å². The minimum atomic E-state index is -0.286. The molecule has 0 aromatic heterocycles. The molecule has 0 radical (unpaired) electrons. The van der Waals surface area contributed by atoms with Gasteiger partial charge >= 0.3 is 5.97 Å². The van der Waals surface area contributed by atoms with Crippen LogP contribution in [0.25, 0.3) is 0 Å². The molecule has 3 saturated carbocycles. The lowest BCUT2D eigenvalue weighted by Crippen LogP contribution is -2.50. The maximum atomic E-state index is 12.1. The van der Waals surface area contributed by atoms with Crippen LogP contribution in [0.2, 0.25) is 0 Å². The van der Waals surface area contributed by atoms with E-state index in [2.05, 4.69) is 26.8 Å². The zero-order valence-corrected chi connectivity index (χ0v) is 23.1. The van der Waals surface area contributed by atoms with Crippen molar-refractivity contribution < 1.29 is 9.53 Å². The summed E-state index contributed by atoms with van der Waals surface area (Å²) >= 11 is 5.87. The molecule has 0 bridgehead atoms. The van der Waals surface area contributed by atoms with Crippen LogP contribution in [0.5, 0.6) is 0 Å². The summed E-state index contributed by atoms with van der Waals surface area (Å²) in [6, 6.07) is 0. The first-order chi connectivity index (χ1) is 16.3. The predicted octanol–water partition coefficient (Wildman–Crippen LogP) is 9.37. The van der Waals surface area contributed by atoms with Crippen LogP contribution in [0.15, 0.2) is 22.8 Å². The number of fused-ring (bicyclic) bond motifs is 5. The molecule has 3 fully saturated rings. The van der Waals surface area contributed by atoms with Crippen LogP contribution in [-0.4, -0.2) is 12.1 Å². The maximum Gasteiger partial charge on any atom is 0.332 e. The Hall–Kier alpha value is -0.760. The van der Waals surface area contributed by atoms with E-state index in [4.69, 9.17) is 16.3 Å². The molecule has 2 nitrogen and oxygen atoms in total. The van der Waals surface area contributed by atoms with E-state index in [9.17, 15) is 4.79 Å². The Labute approximate surface area is 214 Å². The summed E-state index contributed by atoms with van der Waals surface area (Å²) in [7, 11) is 0. The van der Waals surface area contributed by atoms with Crippen molar-refractivity contribution in [1.29, 1.82) is 0 Å². The molecule has 0 spiro atoms. The largest absolute Gasteiger partial charge is 0.459 e. The number of hydrogen-bond donors (Lipinski definition) is 0. The van der Waals surface area contributed by atoms with Gasteiger partial charge in [0.15, 0.2) is 0 Å². The summed E-state index contributed by atoms with van der Waals surface area (Å²) in [6.07, 6.45) is 24.1. The summed E-state index contributed by atoms with van der Waals surface area (Å²) in [6.45, 7) is 9.25. The number of carbonyl (C=O) groups is 1. The van der Waals surface area contributed by atoms with E-state index in [1.54, 1.807) is 12.5 Å². The summed E-state index contributed by atoms with van der Waals surface area (Å²) < 4.78 is 5.76. The minimum absolute atomic E-state index is 0.0117. The monoisotopic (exact) mass is 488 g/mol. The Morgan fingerprint density at radius 3 is 2.59 bits per heavy atom. The van der Waals surface area contributed by atoms with Crippen molar-refractivity contribution in [3.05, 3.63) is 22.8 Å². The zero-order chi connectivity index (χ0) is 24.3. The number of hydrogen-bond acceptors (Lipinski definition) is 2. The van der Waals surface area contributed by atoms with Crippen LogP contribution < -0.4 is 0 Å². The van der Waals surface area contributed by atoms with Crippen molar-refractivity contribution in [2.24, 2.45) is 34.5 Å². The molecule has 7 atom stereocenters. The van der Waals surface area contributed by atoms with Crippen molar-refractivity contribution >= 4 is 17.6 Å². The van der Waals surface area contributed by atoms with Gasteiger partial charge in [0.05, 0.1) is 0 Å². The highest BCUT2D eigenvalue weighted by atomic mass is 35.5. The van der Waals surface area contributed by atoms with Gasteiger partial charge in [0.2, 0.25) is 0 Å². The van der Waals surface area contributed by atoms with Crippen molar-refractivity contribution in [2.45, 2.75) is 130 Å². The zero-order valence-electron chi connectivity index (χ0n) is 22.3. The highest BCUT2D eigenvalue weighted by Crippen LogP contribution is 2.66. The first kappa shape index (κ1) is 26.3. The maximum absolute atomic E-state index is 12.1. The van der Waals surface area contributed by atoms with E-state index in [0.717, 1.165) is 42.9 Å². The fourth-order valence-corrected chi connectivity index (χ4v) is 8.93. The topological polar surface area (TPSA) is 26.3 Å². The second kappa shape index (κ2) is 11.1. The Morgan fingerprint density at radius 2 is 1.82 bits per heavy atom. The third-order valence-electron chi connectivity index (χ3n) is 10.8. The predicted molar refractivity (Wildman–Crippen MR) is 143 cm³/mol. The number of ether oxygens (including phenoxy) is 1. The van der Waals surface area contributed by atoms with Crippen LogP contribution in [-0.2, 0) is 9.53 Å². The average molecular weight is 489 g/mol. The number of carbonyl (C=O) groups excluding carboxylic acids is 1. The van der Waals surface area contributed by atoms with Gasteiger partial charge in [-0.1, -0.05) is 82.5 Å². The lowest BCUT2D eigenvalue weighted by atomic mass is 9.47. The first-order valence-corrected chi connectivity index (χ1v) is 14.9. The van der Waals surface area contributed by atoms with Gasteiger partial charge in [0.25, 0.3) is 0 Å². The van der Waals surface area contributed by atoms with E-state index in [1.807, 2.05) is 0 Å². The summed E-state index contributed by atoms with van der Waals surface area (Å²) in [5.74, 6) is 3.27. The van der Waals surface area contributed by atoms with Crippen molar-refractivity contribution in [3.8, 4) is 0 Å². The molecule has 0 aliphatic heterocycles. The number of unbranched alkanes of at least 4 members (excludes halogenated alkanes) is 5. The molecule has 34 heavy (non-hydrogen) atoms. The van der Waals surface area contributed by atoms with Gasteiger partial charge in [0.1, 0.15) is 6.10 Å². The van der Waals surface area contributed by atoms with E-state index in [0.29, 0.717) is 15.9 Å². The lowest BCUT2D eigenvalue weighted by molar-refractivity contribution is -0.145. The first-order valence-electron chi connectivity index (χ1n) is 14.5. The van der Waals surface area contributed by atoms with Crippen molar-refractivity contribution in [2.75, 3.05) is 0 Å². The van der Waals surface area contributed by atoms with Gasteiger partial charge in [-0.25, -0.2) is 4.79 Å². The SMILES string of the molecule is CCCCCCCCC1CCC2C3CC=C4CC(OC(=O)C=C(C)Cl)CCC4(C)C3CCC12C. The Morgan fingerprint density at radius 1 is 1.06 bits per heavy atom. The van der Waals surface area contributed by atoms with E-state index < -0.39 is 0 Å². The molecule has 4 aliphatic rings. The van der Waals surface area contributed by atoms with Crippen molar-refractivity contribution in [1.82, 2.24) is 0 Å². The highest BCUT2D eigenvalue weighted by Gasteiger charge is 2.58. The van der Waals surface area contributed by atoms with Gasteiger partial charge in [-0.3, -0.25) is 0 Å². The average Bonchev–Trinajstić information content (AvgIpc) is 3.12. The molecule has 0 aromatic rings. The number of esters is 1. The third kappa shape index (κ3) is 5.33. The summed E-state index contributed by atoms with van der Waals surface area (Å²) in [5, 5.41) is 0.488. The van der Waals surface area contributed by atoms with Crippen LogP contribution in [0, 0.1) is 34.5 Å². The normalized spacial score (nSPS) is 39.6. The Bertz CT molecular complexity index is 780. The molecule has 4 aliphatic carbocycles.